The molecule has 0 fully saturated rings. The van der Waals surface area contributed by atoms with E-state index >= 15 is 0 Å². The van der Waals surface area contributed by atoms with Crippen LogP contribution in [-0.4, -0.2) is 16.1 Å². The van der Waals surface area contributed by atoms with Crippen LogP contribution >= 0.6 is 0 Å². The van der Waals surface area contributed by atoms with Crippen molar-refractivity contribution >= 4 is 28.2 Å². The smallest absolute Gasteiger partial charge is 0.307 e. The van der Waals surface area contributed by atoms with Crippen molar-refractivity contribution in [3.05, 3.63) is 65.9 Å². The maximum atomic E-state index is 10.7. The highest BCUT2D eigenvalue weighted by atomic mass is 16.4. The van der Waals surface area contributed by atoms with Gasteiger partial charge in [-0.1, -0.05) is 30.3 Å². The van der Waals surface area contributed by atoms with Crippen LogP contribution in [0.2, 0.25) is 0 Å². The van der Waals surface area contributed by atoms with Crippen molar-refractivity contribution in [2.75, 3.05) is 5.32 Å². The minimum absolute atomic E-state index is 0.0392. The summed E-state index contributed by atoms with van der Waals surface area (Å²) >= 11 is 0. The first-order valence-electron chi connectivity index (χ1n) is 7.05. The van der Waals surface area contributed by atoms with Gasteiger partial charge in [-0.05, 0) is 36.2 Å². The highest BCUT2D eigenvalue weighted by molar-refractivity contribution is 5.94. The number of anilines is 2. The van der Waals surface area contributed by atoms with Gasteiger partial charge in [0.1, 0.15) is 0 Å². The summed E-state index contributed by atoms with van der Waals surface area (Å²) < 4.78 is 0. The maximum Gasteiger partial charge on any atom is 0.307 e. The number of carboxylic acid groups (broad SMARTS) is 1. The molecule has 3 rings (SSSR count). The largest absolute Gasteiger partial charge is 0.481 e. The second kappa shape index (κ2) is 5.85. The molecule has 2 N–H and O–H groups in total. The number of nitrogens with zero attached hydrogens (tertiary/aromatic N) is 1. The van der Waals surface area contributed by atoms with Crippen LogP contribution in [0.25, 0.3) is 10.9 Å². The van der Waals surface area contributed by atoms with Crippen LogP contribution < -0.4 is 5.32 Å². The summed E-state index contributed by atoms with van der Waals surface area (Å²) in [7, 11) is 0. The second-order valence-electron chi connectivity index (χ2n) is 5.23. The van der Waals surface area contributed by atoms with Crippen LogP contribution in [0.1, 0.15) is 11.1 Å². The molecule has 22 heavy (non-hydrogen) atoms. The van der Waals surface area contributed by atoms with Crippen molar-refractivity contribution in [2.45, 2.75) is 13.3 Å². The van der Waals surface area contributed by atoms with Gasteiger partial charge in [0.05, 0.1) is 17.6 Å². The van der Waals surface area contributed by atoms with E-state index < -0.39 is 5.97 Å². The average molecular weight is 292 g/mol. The maximum absolute atomic E-state index is 10.7. The Morgan fingerprint density at radius 1 is 1.14 bits per heavy atom. The number of aryl methyl sites for hydroxylation is 1. The molecule has 0 aliphatic heterocycles. The molecule has 0 aliphatic rings. The standard InChI is InChI=1S/C18H16N2O2/c1-12-11-19-16-5-3-2-4-15(16)18(12)20-14-8-6-13(7-9-14)10-17(21)22/h2-9,11H,10H2,1H3,(H,19,20)(H,21,22). The molecule has 3 aromatic rings. The predicted molar refractivity (Wildman–Crippen MR) is 87.5 cm³/mol. The quantitative estimate of drug-likeness (QED) is 0.765. The molecule has 4 heteroatoms. The Hall–Kier alpha value is -2.88. The molecular weight excluding hydrogens is 276 g/mol. The van der Waals surface area contributed by atoms with Crippen molar-refractivity contribution in [2.24, 2.45) is 0 Å². The van der Waals surface area contributed by atoms with E-state index in [1.165, 1.54) is 0 Å². The molecule has 0 saturated carbocycles. The lowest BCUT2D eigenvalue weighted by molar-refractivity contribution is -0.136. The number of aromatic nitrogens is 1. The lowest BCUT2D eigenvalue weighted by atomic mass is 10.1. The fraction of sp³-hybridized carbons (Fsp3) is 0.111. The van der Waals surface area contributed by atoms with Gasteiger partial charge in [-0.2, -0.15) is 0 Å². The average Bonchev–Trinajstić information content (AvgIpc) is 2.51. The molecule has 0 bridgehead atoms. The summed E-state index contributed by atoms with van der Waals surface area (Å²) in [6.07, 6.45) is 1.89. The number of carboxylic acids is 1. The van der Waals surface area contributed by atoms with Crippen LogP contribution in [0.5, 0.6) is 0 Å². The third-order valence-electron chi connectivity index (χ3n) is 3.54. The van der Waals surface area contributed by atoms with Crippen molar-refractivity contribution in [1.29, 1.82) is 0 Å². The molecule has 1 aromatic heterocycles. The first kappa shape index (κ1) is 14.1. The summed E-state index contributed by atoms with van der Waals surface area (Å²) in [6.45, 7) is 2.01. The minimum Gasteiger partial charge on any atom is -0.481 e. The predicted octanol–water partition coefficient (Wildman–Crippen LogP) is 3.91. The molecule has 0 unspecified atom stereocenters. The van der Waals surface area contributed by atoms with Gasteiger partial charge in [-0.15, -0.1) is 0 Å². The summed E-state index contributed by atoms with van der Waals surface area (Å²) in [4.78, 5) is 15.1. The van der Waals surface area contributed by atoms with E-state index in [4.69, 9.17) is 5.11 Å². The first-order valence-corrected chi connectivity index (χ1v) is 7.05. The normalized spacial score (nSPS) is 10.6. The summed E-state index contributed by atoms with van der Waals surface area (Å²) in [5.41, 5.74) is 4.74. The first-order chi connectivity index (χ1) is 10.6. The Labute approximate surface area is 128 Å². The fourth-order valence-electron chi connectivity index (χ4n) is 2.43. The Morgan fingerprint density at radius 3 is 2.59 bits per heavy atom. The van der Waals surface area contributed by atoms with Gasteiger partial charge in [0.25, 0.3) is 0 Å². The van der Waals surface area contributed by atoms with Crippen LogP contribution in [0, 0.1) is 6.92 Å². The van der Waals surface area contributed by atoms with Crippen LogP contribution in [-0.2, 0) is 11.2 Å². The SMILES string of the molecule is Cc1cnc2ccccc2c1Nc1ccc(CC(=O)O)cc1. The van der Waals surface area contributed by atoms with Gasteiger partial charge in [0.15, 0.2) is 0 Å². The zero-order chi connectivity index (χ0) is 15.5. The highest BCUT2D eigenvalue weighted by Crippen LogP contribution is 2.28. The molecule has 110 valence electrons. The number of nitrogens with one attached hydrogen (secondary N) is 1. The van der Waals surface area contributed by atoms with Crippen LogP contribution in [0.15, 0.2) is 54.7 Å². The molecule has 2 aromatic carbocycles. The summed E-state index contributed by atoms with van der Waals surface area (Å²) in [6, 6.07) is 15.4. The monoisotopic (exact) mass is 292 g/mol. The Morgan fingerprint density at radius 2 is 1.86 bits per heavy atom. The number of rotatable bonds is 4. The minimum atomic E-state index is -0.823. The van der Waals surface area contributed by atoms with Gasteiger partial charge < -0.3 is 10.4 Å². The van der Waals surface area contributed by atoms with E-state index in [1.807, 2.05) is 61.7 Å². The van der Waals surface area contributed by atoms with Crippen LogP contribution in [0.4, 0.5) is 11.4 Å². The summed E-state index contributed by atoms with van der Waals surface area (Å²) in [5, 5.41) is 13.3. The molecule has 0 spiro atoms. The number of aliphatic carboxylic acids is 1. The molecule has 0 radical (unpaired) electrons. The lowest BCUT2D eigenvalue weighted by Gasteiger charge is -2.13. The molecule has 0 aliphatic carbocycles. The van der Waals surface area contributed by atoms with Gasteiger partial charge in [0.2, 0.25) is 0 Å². The third kappa shape index (κ3) is 2.91. The Balaban J connectivity index is 1.93. The number of hydrogen-bond donors (Lipinski definition) is 2. The number of pyridine rings is 1. The van der Waals surface area contributed by atoms with Gasteiger partial charge in [-0.3, -0.25) is 9.78 Å². The van der Waals surface area contributed by atoms with Crippen molar-refractivity contribution in [3.8, 4) is 0 Å². The summed E-state index contributed by atoms with van der Waals surface area (Å²) in [5.74, 6) is -0.823. The van der Waals surface area contributed by atoms with Crippen molar-refractivity contribution in [1.82, 2.24) is 4.98 Å². The van der Waals surface area contributed by atoms with Gasteiger partial charge in [-0.25, -0.2) is 0 Å². The number of carbonyl (C=O) groups is 1. The van der Waals surface area contributed by atoms with E-state index in [9.17, 15) is 4.79 Å². The van der Waals surface area contributed by atoms with E-state index in [-0.39, 0.29) is 6.42 Å². The zero-order valence-electron chi connectivity index (χ0n) is 12.2. The van der Waals surface area contributed by atoms with Gasteiger partial charge >= 0.3 is 5.97 Å². The number of benzene rings is 2. The molecule has 4 nitrogen and oxygen atoms in total. The van der Waals surface area contributed by atoms with Crippen molar-refractivity contribution < 1.29 is 9.90 Å². The Bertz CT molecular complexity index is 826. The Kier molecular flexibility index (Phi) is 3.74. The van der Waals surface area contributed by atoms with Crippen LogP contribution in [0.3, 0.4) is 0 Å². The van der Waals surface area contributed by atoms with E-state index in [0.29, 0.717) is 0 Å². The van der Waals surface area contributed by atoms with Gasteiger partial charge in [0, 0.05) is 17.3 Å². The number of fused-ring (bicyclic) bond motifs is 1. The fourth-order valence-corrected chi connectivity index (χ4v) is 2.43. The zero-order valence-corrected chi connectivity index (χ0v) is 12.2. The number of para-hydroxylation sites is 1. The molecule has 0 atom stereocenters. The van der Waals surface area contributed by atoms with Crippen molar-refractivity contribution in [3.63, 3.8) is 0 Å². The molecule has 1 heterocycles. The topological polar surface area (TPSA) is 62.2 Å². The molecular formula is C18H16N2O2. The molecule has 0 amide bonds. The third-order valence-corrected chi connectivity index (χ3v) is 3.54. The van der Waals surface area contributed by atoms with E-state index in [1.54, 1.807) is 0 Å². The van der Waals surface area contributed by atoms with E-state index in [2.05, 4.69) is 10.3 Å². The highest BCUT2D eigenvalue weighted by Gasteiger charge is 2.06. The molecule has 0 saturated heterocycles. The number of hydrogen-bond acceptors (Lipinski definition) is 3. The lowest BCUT2D eigenvalue weighted by Crippen LogP contribution is -2.00. The van der Waals surface area contributed by atoms with E-state index in [0.717, 1.165) is 33.4 Å². The second-order valence-corrected chi connectivity index (χ2v) is 5.23.